The van der Waals surface area contributed by atoms with Crippen molar-refractivity contribution >= 4 is 41.6 Å². The fourth-order valence-electron chi connectivity index (χ4n) is 3.32. The van der Waals surface area contributed by atoms with Gasteiger partial charge in [-0.3, -0.25) is 9.78 Å². The summed E-state index contributed by atoms with van der Waals surface area (Å²) in [6.07, 6.45) is 1.74. The van der Waals surface area contributed by atoms with Crippen molar-refractivity contribution in [1.29, 1.82) is 0 Å². The van der Waals surface area contributed by atoms with Crippen molar-refractivity contribution in [3.05, 3.63) is 95.4 Å². The highest BCUT2D eigenvalue weighted by molar-refractivity contribution is 5.95. The Labute approximate surface area is 209 Å². The molecule has 4 aromatic rings. The molecule has 6 nitrogen and oxygen atoms in total. The number of benzene rings is 3. The molecule has 1 heterocycles. The number of para-hydroxylation sites is 1. The molecule has 0 aliphatic carbocycles. The molecule has 3 N–H and O–H groups in total. The third kappa shape index (κ3) is 6.35. The van der Waals surface area contributed by atoms with E-state index in [-0.39, 0.29) is 43.0 Å². The molecule has 0 spiro atoms. The highest BCUT2D eigenvalue weighted by Gasteiger charge is 2.13. The molecular weight excluding hydrogens is 480 g/mol. The Hall–Kier alpha value is -3.39. The number of carbonyl (C=O) groups is 1. The van der Waals surface area contributed by atoms with Gasteiger partial charge in [0.05, 0.1) is 12.6 Å². The smallest absolute Gasteiger partial charge is 0.251 e. The fourth-order valence-corrected chi connectivity index (χ4v) is 3.32. The Morgan fingerprint density at radius 3 is 2.56 bits per heavy atom. The largest absolute Gasteiger partial charge is 0.493 e. The van der Waals surface area contributed by atoms with Gasteiger partial charge >= 0.3 is 0 Å². The second-order valence-electron chi connectivity index (χ2n) is 7.19. The normalized spacial score (nSPS) is 10.1. The van der Waals surface area contributed by atoms with Gasteiger partial charge in [0.15, 0.2) is 11.5 Å². The Balaban J connectivity index is 0.00000204. The summed E-state index contributed by atoms with van der Waals surface area (Å²) < 4.78 is 25.0. The lowest BCUT2D eigenvalue weighted by molar-refractivity contribution is 0.0950. The van der Waals surface area contributed by atoms with Crippen LogP contribution in [-0.2, 0) is 13.1 Å². The summed E-state index contributed by atoms with van der Waals surface area (Å²) >= 11 is 0. The molecule has 1 amide bonds. The number of fused-ring (bicyclic) bond motifs is 1. The van der Waals surface area contributed by atoms with Crippen molar-refractivity contribution in [2.45, 2.75) is 13.1 Å². The average molecular weight is 504 g/mol. The summed E-state index contributed by atoms with van der Waals surface area (Å²) in [6, 6.07) is 18.8. The molecule has 178 valence electrons. The summed E-state index contributed by atoms with van der Waals surface area (Å²) in [5.41, 5.74) is 8.37. The number of aromatic nitrogens is 1. The summed E-state index contributed by atoms with van der Waals surface area (Å²) in [6.45, 7) is 0.500. The zero-order valence-electron chi connectivity index (χ0n) is 18.3. The number of nitrogens with one attached hydrogen (secondary N) is 1. The van der Waals surface area contributed by atoms with Gasteiger partial charge in [0.25, 0.3) is 5.91 Å². The second-order valence-corrected chi connectivity index (χ2v) is 7.19. The number of amides is 1. The molecule has 34 heavy (non-hydrogen) atoms. The lowest BCUT2D eigenvalue weighted by atomic mass is 10.1. The quantitative estimate of drug-likeness (QED) is 0.352. The number of rotatable bonds is 7. The van der Waals surface area contributed by atoms with E-state index < -0.39 is 5.82 Å². The first-order valence-electron chi connectivity index (χ1n) is 10.0. The van der Waals surface area contributed by atoms with Crippen LogP contribution in [0.25, 0.3) is 10.9 Å². The predicted molar refractivity (Wildman–Crippen MR) is 135 cm³/mol. The minimum atomic E-state index is -0.459. The van der Waals surface area contributed by atoms with Gasteiger partial charge in [0, 0.05) is 36.3 Å². The number of pyridine rings is 1. The molecule has 0 saturated carbocycles. The van der Waals surface area contributed by atoms with E-state index in [9.17, 15) is 9.18 Å². The summed E-state index contributed by atoms with van der Waals surface area (Å²) in [4.78, 5) is 17.1. The van der Waals surface area contributed by atoms with E-state index in [1.807, 2.05) is 30.3 Å². The Bertz CT molecular complexity index is 1290. The van der Waals surface area contributed by atoms with Crippen molar-refractivity contribution in [3.8, 4) is 17.2 Å². The number of nitrogens with zero attached hydrogens (tertiary/aromatic N) is 1. The summed E-state index contributed by atoms with van der Waals surface area (Å²) in [5.74, 6) is 0.232. The number of hydrogen-bond acceptors (Lipinski definition) is 5. The van der Waals surface area contributed by atoms with Crippen molar-refractivity contribution < 1.29 is 18.7 Å². The lowest BCUT2D eigenvalue weighted by Gasteiger charge is -2.13. The molecule has 4 rings (SSSR count). The van der Waals surface area contributed by atoms with E-state index in [1.165, 1.54) is 19.2 Å². The minimum absolute atomic E-state index is 0. The Morgan fingerprint density at radius 1 is 1.00 bits per heavy atom. The summed E-state index contributed by atoms with van der Waals surface area (Å²) in [7, 11) is 1.49. The molecule has 0 fully saturated rings. The summed E-state index contributed by atoms with van der Waals surface area (Å²) in [5, 5.41) is 3.89. The maximum Gasteiger partial charge on any atom is 0.251 e. The number of methoxy groups -OCH3 is 1. The number of hydrogen-bond donors (Lipinski definition) is 2. The van der Waals surface area contributed by atoms with Crippen LogP contribution >= 0.6 is 24.8 Å². The molecule has 9 heteroatoms. The molecule has 3 aromatic carbocycles. The fraction of sp³-hybridized carbons (Fsp3) is 0.120. The van der Waals surface area contributed by atoms with Crippen LogP contribution in [0.5, 0.6) is 17.2 Å². The molecular formula is C25H24Cl2FN3O3. The third-order valence-electron chi connectivity index (χ3n) is 4.92. The number of halogens is 3. The van der Waals surface area contributed by atoms with Crippen LogP contribution in [0.1, 0.15) is 21.5 Å². The Morgan fingerprint density at radius 2 is 1.79 bits per heavy atom. The highest BCUT2D eigenvalue weighted by Crippen LogP contribution is 2.33. The minimum Gasteiger partial charge on any atom is -0.493 e. The first kappa shape index (κ1) is 26.9. The van der Waals surface area contributed by atoms with Crippen LogP contribution in [0, 0.1) is 5.82 Å². The van der Waals surface area contributed by atoms with Crippen molar-refractivity contribution in [3.63, 3.8) is 0 Å². The Kier molecular flexibility index (Phi) is 9.62. The molecule has 1 aromatic heterocycles. The maximum atomic E-state index is 13.8. The first-order valence-corrected chi connectivity index (χ1v) is 10.0. The molecule has 0 atom stereocenters. The van der Waals surface area contributed by atoms with E-state index in [4.69, 9.17) is 15.2 Å². The van der Waals surface area contributed by atoms with Gasteiger partial charge in [-0.15, -0.1) is 24.8 Å². The van der Waals surface area contributed by atoms with Crippen LogP contribution in [0.15, 0.2) is 72.9 Å². The van der Waals surface area contributed by atoms with E-state index in [0.29, 0.717) is 29.2 Å². The average Bonchev–Trinajstić information content (AvgIpc) is 2.82. The molecule has 0 aliphatic heterocycles. The zero-order chi connectivity index (χ0) is 22.5. The van der Waals surface area contributed by atoms with Gasteiger partial charge in [-0.1, -0.05) is 18.2 Å². The van der Waals surface area contributed by atoms with Crippen molar-refractivity contribution in [2.24, 2.45) is 5.73 Å². The van der Waals surface area contributed by atoms with Crippen LogP contribution in [0.3, 0.4) is 0 Å². The second kappa shape index (κ2) is 12.2. The van der Waals surface area contributed by atoms with Crippen molar-refractivity contribution in [2.75, 3.05) is 7.11 Å². The monoisotopic (exact) mass is 503 g/mol. The maximum absolute atomic E-state index is 13.8. The van der Waals surface area contributed by atoms with Crippen LogP contribution in [0.2, 0.25) is 0 Å². The van der Waals surface area contributed by atoms with Gasteiger partial charge in [0.2, 0.25) is 0 Å². The third-order valence-corrected chi connectivity index (χ3v) is 4.92. The number of ether oxygens (including phenoxy) is 2. The predicted octanol–water partition coefficient (Wildman–Crippen LogP) is 5.41. The van der Waals surface area contributed by atoms with Gasteiger partial charge < -0.3 is 20.5 Å². The van der Waals surface area contributed by atoms with E-state index in [0.717, 1.165) is 16.5 Å². The molecule has 0 bridgehead atoms. The van der Waals surface area contributed by atoms with E-state index in [2.05, 4.69) is 10.3 Å². The topological polar surface area (TPSA) is 86.5 Å². The van der Waals surface area contributed by atoms with Crippen LogP contribution < -0.4 is 20.5 Å². The first-order chi connectivity index (χ1) is 15.6. The van der Waals surface area contributed by atoms with Crippen LogP contribution in [0.4, 0.5) is 4.39 Å². The molecule has 0 radical (unpaired) electrons. The number of nitrogens with two attached hydrogens (primary N) is 1. The van der Waals surface area contributed by atoms with Crippen LogP contribution in [-0.4, -0.2) is 18.0 Å². The van der Waals surface area contributed by atoms with Gasteiger partial charge in [-0.05, 0) is 53.6 Å². The van der Waals surface area contributed by atoms with Gasteiger partial charge in [-0.2, -0.15) is 0 Å². The molecule has 0 saturated heterocycles. The zero-order valence-corrected chi connectivity index (χ0v) is 19.9. The van der Waals surface area contributed by atoms with Crippen molar-refractivity contribution in [1.82, 2.24) is 10.3 Å². The highest BCUT2D eigenvalue weighted by atomic mass is 35.5. The standard InChI is InChI=1S/C25H22FN3O3.2ClH/c1-31-23-7-6-19(11-24(23)32-21-10-16(13-27)9-20(26)12-21)25(30)29-15-17-8-18-4-2-3-5-22(18)28-14-17;;/h2-12,14H,13,15,27H2,1H3,(H,29,30);2*1H. The van der Waals surface area contributed by atoms with E-state index in [1.54, 1.807) is 30.5 Å². The van der Waals surface area contributed by atoms with Gasteiger partial charge in [0.1, 0.15) is 11.6 Å². The SMILES string of the molecule is COc1ccc(C(=O)NCc2cnc3ccccc3c2)cc1Oc1cc(F)cc(CN)c1.Cl.Cl. The van der Waals surface area contributed by atoms with Gasteiger partial charge in [-0.25, -0.2) is 4.39 Å². The lowest BCUT2D eigenvalue weighted by Crippen LogP contribution is -2.22. The molecule has 0 unspecified atom stereocenters. The van der Waals surface area contributed by atoms with E-state index >= 15 is 0 Å². The number of carbonyl (C=O) groups excluding carboxylic acids is 1. The molecule has 0 aliphatic rings.